The third-order valence-corrected chi connectivity index (χ3v) is 5.18. The van der Waals surface area contributed by atoms with Gasteiger partial charge in [-0.25, -0.2) is 15.0 Å². The van der Waals surface area contributed by atoms with E-state index in [9.17, 15) is 0 Å². The largest absolute Gasteiger partial charge is 0.388 e. The molecule has 1 fully saturated rings. The Morgan fingerprint density at radius 1 is 1.13 bits per heavy atom. The fourth-order valence-electron chi connectivity index (χ4n) is 2.98. The van der Waals surface area contributed by atoms with E-state index in [0.717, 1.165) is 30.2 Å². The van der Waals surface area contributed by atoms with E-state index in [1.807, 2.05) is 13.2 Å². The molecule has 0 bridgehead atoms. The van der Waals surface area contributed by atoms with Gasteiger partial charge in [0, 0.05) is 71.0 Å². The van der Waals surface area contributed by atoms with E-state index in [1.165, 1.54) is 39.4 Å². The zero-order valence-electron chi connectivity index (χ0n) is 17.1. The summed E-state index contributed by atoms with van der Waals surface area (Å²) in [7, 11) is 7.87. The molecule has 0 atom stereocenters. The highest BCUT2D eigenvalue weighted by atomic mass is 127. The number of pyridine rings is 1. The van der Waals surface area contributed by atoms with E-state index in [2.05, 4.69) is 89.7 Å². The molecule has 1 saturated heterocycles. The number of nitrogens with zero attached hydrogens (tertiary/aromatic N) is 4. The first-order chi connectivity index (χ1) is 14.7. The van der Waals surface area contributed by atoms with Gasteiger partial charge >= 0.3 is 0 Å². The molecule has 0 aliphatic carbocycles. The summed E-state index contributed by atoms with van der Waals surface area (Å²) >= 11 is 2.10. The Morgan fingerprint density at radius 2 is 1.83 bits per heavy atom. The van der Waals surface area contributed by atoms with Gasteiger partial charge in [0.1, 0.15) is 5.82 Å². The smallest absolute Gasteiger partial charge is 0.219 e. The number of hydrogen-bond donors (Lipinski definition) is 2. The summed E-state index contributed by atoms with van der Waals surface area (Å²) in [4.78, 5) is 14.5. The quantitative estimate of drug-likeness (QED) is 0.287. The van der Waals surface area contributed by atoms with E-state index < -0.39 is 0 Å². The van der Waals surface area contributed by atoms with Crippen molar-refractivity contribution in [3.63, 3.8) is 0 Å². The van der Waals surface area contributed by atoms with Crippen molar-refractivity contribution in [2.24, 2.45) is 0 Å². The molecule has 3 heterocycles. The first-order valence-corrected chi connectivity index (χ1v) is 12.8. The van der Waals surface area contributed by atoms with Crippen LogP contribution in [0.2, 0.25) is 6.82 Å². The zero-order chi connectivity index (χ0) is 21.8. The Bertz CT molecular complexity index is 984. The molecular formula is C21H24BIN6S. The molecular weight excluding hydrogens is 506 g/mol. The number of fused-ring (bicyclic) bond motifs is 1. The maximum Gasteiger partial charge on any atom is 0.219 e. The van der Waals surface area contributed by atoms with Gasteiger partial charge < -0.3 is 16.0 Å². The van der Waals surface area contributed by atoms with Crippen LogP contribution in [0.4, 0.5) is 17.5 Å². The maximum atomic E-state index is 5.28. The Morgan fingerprint density at radius 3 is 2.47 bits per heavy atom. The lowest BCUT2D eigenvalue weighted by molar-refractivity contribution is 0.946. The minimum absolute atomic E-state index is 0.276. The first kappa shape index (κ1) is 24.1. The average Bonchev–Trinajstić information content (AvgIpc) is 3.34. The van der Waals surface area contributed by atoms with Crippen molar-refractivity contribution >= 4 is 66.2 Å². The van der Waals surface area contributed by atoms with E-state index >= 15 is 0 Å². The fraction of sp³-hybridized carbons (Fsp3) is 0.286. The molecule has 1 aliphatic heterocycles. The summed E-state index contributed by atoms with van der Waals surface area (Å²) in [5.74, 6) is 4.26. The second-order valence-corrected chi connectivity index (χ2v) is 7.83. The van der Waals surface area contributed by atoms with Crippen LogP contribution >= 0.6 is 30.1 Å². The maximum absolute atomic E-state index is 5.28. The van der Waals surface area contributed by atoms with E-state index in [1.54, 1.807) is 12.4 Å². The number of aromatic nitrogens is 3. The molecule has 0 amide bonds. The molecule has 0 spiro atoms. The van der Waals surface area contributed by atoms with Crippen LogP contribution < -0.4 is 16.0 Å². The van der Waals surface area contributed by atoms with Gasteiger partial charge in [0.15, 0.2) is 0 Å². The standard InChI is InChI=1S/C14H17N3.C6H4IN3S.CH3B/c1-15-12-4-5-13-11(10-12)6-7-16-14(13)17-8-2-3-9-17;7-11-2-1-5-3-9-6(8)10-4-5;1-2/h4-7,10,15H,2-3,8-9H2,1H3;3-4H,(H2,8,9,10);1H3. The molecule has 4 rings (SSSR count). The molecule has 3 aromatic rings. The van der Waals surface area contributed by atoms with Crippen molar-refractivity contribution in [1.82, 2.24) is 15.0 Å². The van der Waals surface area contributed by atoms with Crippen LogP contribution in [0.15, 0.2) is 42.9 Å². The van der Waals surface area contributed by atoms with Crippen LogP contribution in [0.1, 0.15) is 18.4 Å². The molecule has 0 unspecified atom stereocenters. The lowest BCUT2D eigenvalue weighted by Crippen LogP contribution is -2.19. The summed E-state index contributed by atoms with van der Waals surface area (Å²) in [6.45, 7) is 3.78. The van der Waals surface area contributed by atoms with Crippen LogP contribution in [0.3, 0.4) is 0 Å². The lowest BCUT2D eigenvalue weighted by Gasteiger charge is -2.18. The van der Waals surface area contributed by atoms with Crippen molar-refractivity contribution in [3.05, 3.63) is 48.4 Å². The number of rotatable bonds is 2. The second kappa shape index (κ2) is 13.2. The predicted molar refractivity (Wildman–Crippen MR) is 139 cm³/mol. The third-order valence-electron chi connectivity index (χ3n) is 4.34. The van der Waals surface area contributed by atoms with Crippen molar-refractivity contribution in [2.45, 2.75) is 19.7 Å². The van der Waals surface area contributed by atoms with Crippen LogP contribution in [0.25, 0.3) is 10.8 Å². The number of halogens is 1. The lowest BCUT2D eigenvalue weighted by atomic mass is 10.1. The zero-order valence-corrected chi connectivity index (χ0v) is 20.1. The topological polar surface area (TPSA) is 80.0 Å². The molecule has 30 heavy (non-hydrogen) atoms. The molecule has 3 N–H and O–H groups in total. The van der Waals surface area contributed by atoms with Gasteiger partial charge in [0.2, 0.25) is 5.95 Å². The summed E-state index contributed by atoms with van der Waals surface area (Å²) in [5.41, 5.74) is 7.21. The minimum atomic E-state index is 0.276. The molecule has 0 saturated carbocycles. The molecule has 9 heteroatoms. The third kappa shape index (κ3) is 6.95. The summed E-state index contributed by atoms with van der Waals surface area (Å²) in [6, 6.07) is 8.54. The number of nitrogen functional groups attached to an aromatic ring is 1. The van der Waals surface area contributed by atoms with Crippen molar-refractivity contribution in [3.8, 4) is 11.2 Å². The molecule has 1 aromatic carbocycles. The Hall–Kier alpha value is -2.19. The molecule has 154 valence electrons. The first-order valence-electron chi connectivity index (χ1n) is 9.46. The van der Waals surface area contributed by atoms with Crippen molar-refractivity contribution in [2.75, 3.05) is 36.1 Å². The monoisotopic (exact) mass is 530 g/mol. The normalized spacial score (nSPS) is 12.0. The van der Waals surface area contributed by atoms with E-state index in [0.29, 0.717) is 0 Å². The summed E-state index contributed by atoms with van der Waals surface area (Å²) in [6.07, 6.45) is 7.68. The average molecular weight is 530 g/mol. The Kier molecular flexibility index (Phi) is 10.6. The highest BCUT2D eigenvalue weighted by molar-refractivity contribution is 14.2. The molecule has 1 aliphatic rings. The van der Waals surface area contributed by atoms with Crippen LogP contribution in [0, 0.1) is 11.2 Å². The summed E-state index contributed by atoms with van der Waals surface area (Å²) in [5, 5.41) is 8.51. The van der Waals surface area contributed by atoms with Crippen LogP contribution in [-0.4, -0.2) is 42.9 Å². The summed E-state index contributed by atoms with van der Waals surface area (Å²) < 4.78 is 0. The molecule has 6 nitrogen and oxygen atoms in total. The second-order valence-electron chi connectivity index (χ2n) is 6.15. The fourth-order valence-corrected chi connectivity index (χ4v) is 3.47. The highest BCUT2D eigenvalue weighted by Gasteiger charge is 2.15. The van der Waals surface area contributed by atoms with E-state index in [-0.39, 0.29) is 5.95 Å². The van der Waals surface area contributed by atoms with Crippen LogP contribution in [0.5, 0.6) is 0 Å². The van der Waals surface area contributed by atoms with Gasteiger partial charge in [0.05, 0.1) is 13.4 Å². The molecule has 2 aromatic heterocycles. The van der Waals surface area contributed by atoms with Crippen molar-refractivity contribution in [1.29, 1.82) is 0 Å². The van der Waals surface area contributed by atoms with Crippen molar-refractivity contribution < 1.29 is 0 Å². The minimum Gasteiger partial charge on any atom is -0.388 e. The Labute approximate surface area is 195 Å². The SMILES string of the molecule is CNc1ccc2c(N3CCCC3)nccc2c1.Nc1ncc(C#CSI)cn1.[B]C. The van der Waals surface area contributed by atoms with Gasteiger partial charge in [0.25, 0.3) is 0 Å². The van der Waals surface area contributed by atoms with E-state index in [4.69, 9.17) is 5.73 Å². The van der Waals surface area contributed by atoms with Gasteiger partial charge in [-0.1, -0.05) is 12.7 Å². The number of hydrogen-bond acceptors (Lipinski definition) is 7. The number of anilines is 3. The van der Waals surface area contributed by atoms with Gasteiger partial charge in [-0.15, -0.1) is 0 Å². The van der Waals surface area contributed by atoms with Gasteiger partial charge in [-0.05, 0) is 56.7 Å². The van der Waals surface area contributed by atoms with Gasteiger partial charge in [-0.3, -0.25) is 0 Å². The Balaban J connectivity index is 0.000000215. The predicted octanol–water partition coefficient (Wildman–Crippen LogP) is 4.53. The highest BCUT2D eigenvalue weighted by Crippen LogP contribution is 2.28. The molecule has 2 radical (unpaired) electrons. The van der Waals surface area contributed by atoms with Crippen LogP contribution in [-0.2, 0) is 0 Å². The number of benzene rings is 1. The number of nitrogens with one attached hydrogen (secondary N) is 1. The van der Waals surface area contributed by atoms with Gasteiger partial charge in [-0.2, -0.15) is 0 Å². The number of nitrogens with two attached hydrogens (primary N) is 1.